The van der Waals surface area contributed by atoms with E-state index in [0.717, 1.165) is 24.0 Å². The first-order valence-corrected chi connectivity index (χ1v) is 19.4. The van der Waals surface area contributed by atoms with E-state index in [1.807, 2.05) is 95.3 Å². The highest BCUT2D eigenvalue weighted by Gasteiger charge is 2.48. The molecule has 1 saturated heterocycles. The number of morpholine rings is 1. The van der Waals surface area contributed by atoms with Gasteiger partial charge in [0.15, 0.2) is 11.6 Å². The lowest BCUT2D eigenvalue weighted by Gasteiger charge is -2.28. The molecule has 2 aliphatic rings. The molecule has 4 atom stereocenters. The number of rotatable bonds is 22. The molecule has 9 heteroatoms. The number of amides is 2. The van der Waals surface area contributed by atoms with E-state index in [9.17, 15) is 24.0 Å². The second kappa shape index (κ2) is 20.0. The maximum Gasteiger partial charge on any atom is 0.224 e. The third kappa shape index (κ3) is 13.4. The van der Waals surface area contributed by atoms with E-state index < -0.39 is 29.3 Å². The van der Waals surface area contributed by atoms with Crippen molar-refractivity contribution in [2.24, 2.45) is 29.1 Å². The fourth-order valence-corrected chi connectivity index (χ4v) is 7.08. The fourth-order valence-electron chi connectivity index (χ4n) is 7.08. The summed E-state index contributed by atoms with van der Waals surface area (Å²) in [6, 6.07) is 18.1. The molecule has 1 saturated carbocycles. The third-order valence-electron chi connectivity index (χ3n) is 10.5. The van der Waals surface area contributed by atoms with Crippen molar-refractivity contribution in [1.82, 2.24) is 15.5 Å². The lowest BCUT2D eigenvalue weighted by Crippen LogP contribution is -2.49. The Morgan fingerprint density at radius 1 is 0.731 bits per heavy atom. The second-order valence-corrected chi connectivity index (χ2v) is 16.2. The molecule has 1 heterocycles. The summed E-state index contributed by atoms with van der Waals surface area (Å²) in [5, 5.41) is 6.12. The molecule has 0 unspecified atom stereocenters. The molecule has 284 valence electrons. The molecule has 2 amide bonds. The van der Waals surface area contributed by atoms with Crippen LogP contribution in [0.5, 0.6) is 0 Å². The number of aryl methyl sites for hydroxylation is 1. The molecule has 2 aromatic rings. The van der Waals surface area contributed by atoms with Crippen LogP contribution in [0.15, 0.2) is 60.7 Å². The first kappa shape index (κ1) is 41.1. The summed E-state index contributed by atoms with van der Waals surface area (Å²) >= 11 is 0. The van der Waals surface area contributed by atoms with Crippen molar-refractivity contribution >= 4 is 29.2 Å². The van der Waals surface area contributed by atoms with Gasteiger partial charge in [0.05, 0.1) is 31.8 Å². The van der Waals surface area contributed by atoms with Crippen molar-refractivity contribution in [3.05, 3.63) is 71.8 Å². The Labute approximate surface area is 311 Å². The lowest BCUT2D eigenvalue weighted by molar-refractivity contribution is -0.136. The molecule has 0 aromatic heterocycles. The molecule has 4 rings (SSSR count). The van der Waals surface area contributed by atoms with Gasteiger partial charge in [0, 0.05) is 43.2 Å². The second-order valence-electron chi connectivity index (χ2n) is 16.2. The van der Waals surface area contributed by atoms with E-state index in [1.165, 1.54) is 0 Å². The van der Waals surface area contributed by atoms with E-state index in [1.54, 1.807) is 0 Å². The third-order valence-corrected chi connectivity index (χ3v) is 10.5. The van der Waals surface area contributed by atoms with Crippen LogP contribution in [0.4, 0.5) is 0 Å². The summed E-state index contributed by atoms with van der Waals surface area (Å²) < 4.78 is 5.43. The highest BCUT2D eigenvalue weighted by atomic mass is 16.5. The first-order valence-electron chi connectivity index (χ1n) is 19.4. The van der Waals surface area contributed by atoms with Gasteiger partial charge in [0.1, 0.15) is 5.78 Å². The molecule has 0 spiro atoms. The van der Waals surface area contributed by atoms with Gasteiger partial charge in [0.25, 0.3) is 0 Å². The normalized spacial score (nSPS) is 17.9. The quantitative estimate of drug-likeness (QED) is 0.159. The number of ketones is 3. The highest BCUT2D eigenvalue weighted by molar-refractivity contribution is 5.97. The summed E-state index contributed by atoms with van der Waals surface area (Å²) in [7, 11) is 0. The Balaban J connectivity index is 1.51. The van der Waals surface area contributed by atoms with E-state index in [0.29, 0.717) is 58.4 Å². The fraction of sp³-hybridized carbons (Fsp3) is 0.605. The molecular formula is C43H61N3O6. The number of nitrogens with zero attached hydrogens (tertiary/aromatic N) is 1. The van der Waals surface area contributed by atoms with Crippen LogP contribution in [0.2, 0.25) is 0 Å². The zero-order valence-electron chi connectivity index (χ0n) is 32.0. The maximum atomic E-state index is 14.2. The van der Waals surface area contributed by atoms with E-state index in [2.05, 4.69) is 15.5 Å². The lowest BCUT2D eigenvalue weighted by atomic mass is 9.87. The number of nitrogens with one attached hydrogen (secondary N) is 2. The zero-order valence-corrected chi connectivity index (χ0v) is 32.0. The maximum absolute atomic E-state index is 14.2. The Morgan fingerprint density at radius 2 is 1.27 bits per heavy atom. The van der Waals surface area contributed by atoms with Gasteiger partial charge in [-0.2, -0.15) is 0 Å². The van der Waals surface area contributed by atoms with Crippen LogP contribution in [0.3, 0.4) is 0 Å². The van der Waals surface area contributed by atoms with Gasteiger partial charge in [-0.3, -0.25) is 28.9 Å². The van der Waals surface area contributed by atoms with Crippen molar-refractivity contribution in [3.63, 3.8) is 0 Å². The van der Waals surface area contributed by atoms with E-state index in [4.69, 9.17) is 4.74 Å². The molecule has 2 N–H and O–H groups in total. The Morgan fingerprint density at radius 3 is 1.85 bits per heavy atom. The molecular weight excluding hydrogens is 654 g/mol. The number of benzene rings is 2. The van der Waals surface area contributed by atoms with Crippen molar-refractivity contribution in [1.29, 1.82) is 0 Å². The predicted octanol–water partition coefficient (Wildman–Crippen LogP) is 5.78. The number of carbonyl (C=O) groups is 5. The van der Waals surface area contributed by atoms with Crippen molar-refractivity contribution in [2.75, 3.05) is 32.8 Å². The Hall–Kier alpha value is -3.69. The van der Waals surface area contributed by atoms with Crippen LogP contribution >= 0.6 is 0 Å². The summed E-state index contributed by atoms with van der Waals surface area (Å²) in [6.45, 7) is 12.8. The standard InChI is InChI=1S/C43H61N3O6/c1-30(2)24-37(44-41(50)34(17-16-32-12-8-6-9-13-32)27-36(47)29-46-20-22-52-23-21-46)39(48)28-35(26-33-14-10-7-11-15-33)42(51)45-38(25-31(3)4)40(49)43(5)18-19-43/h6-15,30-31,34-35,37-38H,16-29H2,1-5H3,(H,44,50)(H,45,51)/t34-,35-,37+,38+/m1/s1. The average molecular weight is 716 g/mol. The van der Waals surface area contributed by atoms with Crippen LogP contribution in [0.1, 0.15) is 90.7 Å². The Bertz CT molecular complexity index is 1470. The minimum Gasteiger partial charge on any atom is -0.379 e. The summed E-state index contributed by atoms with van der Waals surface area (Å²) in [6.07, 6.45) is 4.02. The largest absolute Gasteiger partial charge is 0.379 e. The molecule has 1 aliphatic heterocycles. The number of ether oxygens (including phenoxy) is 1. The number of hydrogen-bond acceptors (Lipinski definition) is 7. The monoisotopic (exact) mass is 715 g/mol. The summed E-state index contributed by atoms with van der Waals surface area (Å²) in [5.41, 5.74) is 1.60. The number of carbonyl (C=O) groups excluding carboxylic acids is 5. The van der Waals surface area contributed by atoms with Crippen molar-refractivity contribution in [3.8, 4) is 0 Å². The molecule has 2 aromatic carbocycles. The molecule has 0 radical (unpaired) electrons. The molecule has 9 nitrogen and oxygen atoms in total. The summed E-state index contributed by atoms with van der Waals surface area (Å²) in [4.78, 5) is 71.2. The topological polar surface area (TPSA) is 122 Å². The molecule has 1 aliphatic carbocycles. The zero-order chi connectivity index (χ0) is 37.7. The number of Topliss-reactive ketones (excluding diaryl/α,β-unsaturated/α-hetero) is 3. The van der Waals surface area contributed by atoms with Gasteiger partial charge in [-0.25, -0.2) is 0 Å². The highest BCUT2D eigenvalue weighted by Crippen LogP contribution is 2.47. The van der Waals surface area contributed by atoms with Crippen LogP contribution in [0, 0.1) is 29.1 Å². The van der Waals surface area contributed by atoms with Gasteiger partial charge in [-0.1, -0.05) is 95.3 Å². The van der Waals surface area contributed by atoms with Gasteiger partial charge in [0.2, 0.25) is 11.8 Å². The van der Waals surface area contributed by atoms with Gasteiger partial charge in [-0.05, 0) is 67.9 Å². The predicted molar refractivity (Wildman–Crippen MR) is 204 cm³/mol. The molecule has 52 heavy (non-hydrogen) atoms. The van der Waals surface area contributed by atoms with Crippen LogP contribution in [0.25, 0.3) is 0 Å². The van der Waals surface area contributed by atoms with Crippen LogP contribution in [-0.2, 0) is 41.6 Å². The van der Waals surface area contributed by atoms with Crippen molar-refractivity contribution in [2.45, 2.75) is 104 Å². The van der Waals surface area contributed by atoms with Gasteiger partial charge < -0.3 is 15.4 Å². The Kier molecular flexibility index (Phi) is 15.8. The SMILES string of the molecule is CC(C)C[C@H](NC(=O)[C@H](CCc1ccccc1)CC(=O)CN1CCOCC1)C(=O)C[C@@H](Cc1ccccc1)C(=O)N[C@@H](CC(C)C)C(=O)C1(C)CC1. The minimum atomic E-state index is -0.814. The van der Waals surface area contributed by atoms with Crippen molar-refractivity contribution < 1.29 is 28.7 Å². The number of hydrogen-bond donors (Lipinski definition) is 2. The van der Waals surface area contributed by atoms with E-state index >= 15 is 0 Å². The smallest absolute Gasteiger partial charge is 0.224 e. The summed E-state index contributed by atoms with van der Waals surface area (Å²) in [5.74, 6) is -1.83. The molecule has 2 fully saturated rings. The van der Waals surface area contributed by atoms with Crippen LogP contribution in [-0.4, -0.2) is 79.0 Å². The van der Waals surface area contributed by atoms with Gasteiger partial charge >= 0.3 is 0 Å². The van der Waals surface area contributed by atoms with E-state index in [-0.39, 0.29) is 60.4 Å². The minimum absolute atomic E-state index is 0.00741. The van der Waals surface area contributed by atoms with Gasteiger partial charge in [-0.15, -0.1) is 0 Å². The van der Waals surface area contributed by atoms with Crippen LogP contribution < -0.4 is 10.6 Å². The average Bonchev–Trinajstić information content (AvgIpc) is 3.87. The molecule has 0 bridgehead atoms. The first-order chi connectivity index (χ1) is 24.8.